The Morgan fingerprint density at radius 3 is 2.26 bits per heavy atom. The van der Waals surface area contributed by atoms with Gasteiger partial charge in [0, 0.05) is 32.1 Å². The largest absolute Gasteiger partial charge is 0.374 e. The summed E-state index contributed by atoms with van der Waals surface area (Å²) >= 11 is 0. The molecule has 1 aromatic carbocycles. The summed E-state index contributed by atoms with van der Waals surface area (Å²) in [7, 11) is 2.15. The molecule has 19 heavy (non-hydrogen) atoms. The van der Waals surface area contributed by atoms with E-state index >= 15 is 0 Å². The normalized spacial score (nSPS) is 16.9. The Morgan fingerprint density at radius 2 is 1.74 bits per heavy atom. The molecule has 0 saturated heterocycles. The first kappa shape index (κ1) is 14.1. The minimum Gasteiger partial charge on any atom is -0.374 e. The molecule has 1 aromatic rings. The van der Waals surface area contributed by atoms with Crippen LogP contribution in [0.4, 0.5) is 5.69 Å². The molecule has 0 radical (unpaired) electrons. The molecule has 2 heteroatoms. The highest BCUT2D eigenvalue weighted by Gasteiger charge is 2.20. The molecule has 1 saturated carbocycles. The van der Waals surface area contributed by atoms with Crippen LogP contribution in [0.5, 0.6) is 0 Å². The molecular weight excluding hydrogens is 234 g/mol. The van der Waals surface area contributed by atoms with Crippen molar-refractivity contribution in [3.05, 3.63) is 29.8 Å². The van der Waals surface area contributed by atoms with Crippen molar-refractivity contribution in [1.29, 1.82) is 0 Å². The van der Waals surface area contributed by atoms with E-state index in [1.54, 1.807) is 0 Å². The van der Waals surface area contributed by atoms with Crippen molar-refractivity contribution in [2.45, 2.75) is 45.4 Å². The molecule has 0 heterocycles. The van der Waals surface area contributed by atoms with Crippen LogP contribution in [0.1, 0.15) is 51.0 Å². The second-order valence-corrected chi connectivity index (χ2v) is 6.11. The van der Waals surface area contributed by atoms with E-state index < -0.39 is 0 Å². The lowest BCUT2D eigenvalue weighted by atomic mass is 9.88. The van der Waals surface area contributed by atoms with Gasteiger partial charge >= 0.3 is 0 Å². The van der Waals surface area contributed by atoms with Gasteiger partial charge in [-0.05, 0) is 42.4 Å². The number of ketones is 1. The Kier molecular flexibility index (Phi) is 4.62. The fourth-order valence-corrected chi connectivity index (χ4v) is 2.79. The first-order valence-corrected chi connectivity index (χ1v) is 7.39. The van der Waals surface area contributed by atoms with Crippen LogP contribution in [0.15, 0.2) is 24.3 Å². The summed E-state index contributed by atoms with van der Waals surface area (Å²) in [4.78, 5) is 13.6. The van der Waals surface area contributed by atoms with Crippen molar-refractivity contribution >= 4 is 11.5 Å². The van der Waals surface area contributed by atoms with Crippen LogP contribution < -0.4 is 4.90 Å². The molecule has 2 nitrogen and oxygen atoms in total. The van der Waals surface area contributed by atoms with E-state index in [0.29, 0.717) is 17.6 Å². The fourth-order valence-electron chi connectivity index (χ4n) is 2.79. The fraction of sp³-hybridized carbons (Fsp3) is 0.588. The maximum atomic E-state index is 11.3. The standard InChI is InChI=1S/C17H25NO/c1-13(2)15-6-8-16(9-7-15)18(3)12-14-4-10-17(19)11-5-14/h6-9,13-14H,4-5,10-12H2,1-3H3. The van der Waals surface area contributed by atoms with Crippen LogP contribution in [0.3, 0.4) is 0 Å². The van der Waals surface area contributed by atoms with Crippen molar-refractivity contribution in [1.82, 2.24) is 0 Å². The third-order valence-corrected chi connectivity index (χ3v) is 4.20. The van der Waals surface area contributed by atoms with Crippen LogP contribution in [0.25, 0.3) is 0 Å². The lowest BCUT2D eigenvalue weighted by Crippen LogP contribution is -2.28. The summed E-state index contributed by atoms with van der Waals surface area (Å²) < 4.78 is 0. The van der Waals surface area contributed by atoms with Gasteiger partial charge < -0.3 is 4.90 Å². The summed E-state index contributed by atoms with van der Waals surface area (Å²) in [6.07, 6.45) is 3.69. The Balaban J connectivity index is 1.92. The Labute approximate surface area is 116 Å². The quantitative estimate of drug-likeness (QED) is 0.814. The molecule has 0 aliphatic heterocycles. The van der Waals surface area contributed by atoms with Crippen molar-refractivity contribution in [2.24, 2.45) is 5.92 Å². The molecule has 1 aliphatic carbocycles. The molecule has 0 aromatic heterocycles. The van der Waals surface area contributed by atoms with Crippen molar-refractivity contribution in [2.75, 3.05) is 18.5 Å². The molecule has 0 amide bonds. The minimum atomic E-state index is 0.445. The lowest BCUT2D eigenvalue weighted by molar-refractivity contribution is -0.120. The minimum absolute atomic E-state index is 0.445. The number of benzene rings is 1. The number of hydrogen-bond acceptors (Lipinski definition) is 2. The monoisotopic (exact) mass is 259 g/mol. The van der Waals surface area contributed by atoms with Crippen molar-refractivity contribution in [3.8, 4) is 0 Å². The van der Waals surface area contributed by atoms with E-state index in [9.17, 15) is 4.79 Å². The molecular formula is C17H25NO. The average Bonchev–Trinajstić information content (AvgIpc) is 2.41. The number of nitrogens with zero attached hydrogens (tertiary/aromatic N) is 1. The summed E-state index contributed by atoms with van der Waals surface area (Å²) in [5, 5.41) is 0. The summed E-state index contributed by atoms with van der Waals surface area (Å²) in [5.74, 6) is 1.70. The van der Waals surface area contributed by atoms with E-state index in [0.717, 1.165) is 32.2 Å². The van der Waals surface area contributed by atoms with Gasteiger partial charge in [0.2, 0.25) is 0 Å². The van der Waals surface area contributed by atoms with Gasteiger partial charge in [0.05, 0.1) is 0 Å². The third kappa shape index (κ3) is 3.82. The van der Waals surface area contributed by atoms with Crippen LogP contribution in [0.2, 0.25) is 0 Å². The second kappa shape index (κ2) is 6.23. The molecule has 0 N–H and O–H groups in total. The van der Waals surface area contributed by atoms with Gasteiger partial charge in [0.25, 0.3) is 0 Å². The Bertz CT molecular complexity index is 411. The zero-order chi connectivity index (χ0) is 13.8. The average molecular weight is 259 g/mol. The first-order chi connectivity index (χ1) is 9.06. The number of hydrogen-bond donors (Lipinski definition) is 0. The number of carbonyl (C=O) groups is 1. The van der Waals surface area contributed by atoms with Crippen LogP contribution in [-0.4, -0.2) is 19.4 Å². The lowest BCUT2D eigenvalue weighted by Gasteiger charge is -2.28. The van der Waals surface area contributed by atoms with Crippen LogP contribution in [-0.2, 0) is 4.79 Å². The maximum Gasteiger partial charge on any atom is 0.132 e. The van der Waals surface area contributed by atoms with E-state index in [1.165, 1.54) is 11.3 Å². The zero-order valence-corrected chi connectivity index (χ0v) is 12.4. The van der Waals surface area contributed by atoms with Crippen molar-refractivity contribution in [3.63, 3.8) is 0 Å². The second-order valence-electron chi connectivity index (χ2n) is 6.11. The predicted molar refractivity (Wildman–Crippen MR) is 80.8 cm³/mol. The van der Waals surface area contributed by atoms with Gasteiger partial charge in [0.1, 0.15) is 5.78 Å². The van der Waals surface area contributed by atoms with E-state index in [1.807, 2.05) is 0 Å². The summed E-state index contributed by atoms with van der Waals surface area (Å²) in [6, 6.07) is 8.87. The number of anilines is 1. The molecule has 1 aliphatic rings. The third-order valence-electron chi connectivity index (χ3n) is 4.20. The van der Waals surface area contributed by atoms with Crippen LogP contribution >= 0.6 is 0 Å². The zero-order valence-electron chi connectivity index (χ0n) is 12.4. The Hall–Kier alpha value is -1.31. The number of carbonyl (C=O) groups excluding carboxylic acids is 1. The van der Waals surface area contributed by atoms with Crippen molar-refractivity contribution < 1.29 is 4.79 Å². The summed E-state index contributed by atoms with van der Waals surface area (Å²) in [5.41, 5.74) is 2.67. The van der Waals surface area contributed by atoms with Gasteiger partial charge in [-0.25, -0.2) is 0 Å². The SMILES string of the molecule is CC(C)c1ccc(N(C)CC2CCC(=O)CC2)cc1. The Morgan fingerprint density at radius 1 is 1.16 bits per heavy atom. The molecule has 1 fully saturated rings. The molecule has 0 atom stereocenters. The molecule has 0 spiro atoms. The molecule has 2 rings (SSSR count). The van der Waals surface area contributed by atoms with E-state index in [4.69, 9.17) is 0 Å². The van der Waals surface area contributed by atoms with E-state index in [-0.39, 0.29) is 0 Å². The maximum absolute atomic E-state index is 11.3. The van der Waals surface area contributed by atoms with Gasteiger partial charge in [-0.2, -0.15) is 0 Å². The van der Waals surface area contributed by atoms with Gasteiger partial charge in [-0.1, -0.05) is 26.0 Å². The number of Topliss-reactive ketones (excluding diaryl/α,β-unsaturated/α-hetero) is 1. The van der Waals surface area contributed by atoms with E-state index in [2.05, 4.69) is 50.1 Å². The predicted octanol–water partition coefficient (Wildman–Crippen LogP) is 4.01. The molecule has 104 valence electrons. The highest BCUT2D eigenvalue weighted by Crippen LogP contribution is 2.25. The van der Waals surface area contributed by atoms with Crippen LogP contribution in [0, 0.1) is 5.92 Å². The smallest absolute Gasteiger partial charge is 0.132 e. The highest BCUT2D eigenvalue weighted by molar-refractivity contribution is 5.79. The molecule has 0 unspecified atom stereocenters. The van der Waals surface area contributed by atoms with Gasteiger partial charge in [-0.15, -0.1) is 0 Å². The number of rotatable bonds is 4. The first-order valence-electron chi connectivity index (χ1n) is 7.39. The summed E-state index contributed by atoms with van der Waals surface area (Å²) in [6.45, 7) is 5.50. The van der Waals surface area contributed by atoms with Gasteiger partial charge in [0.15, 0.2) is 0 Å². The highest BCUT2D eigenvalue weighted by atomic mass is 16.1. The van der Waals surface area contributed by atoms with Gasteiger partial charge in [-0.3, -0.25) is 4.79 Å². The topological polar surface area (TPSA) is 20.3 Å². The molecule has 0 bridgehead atoms.